The Kier molecular flexibility index (Phi) is 24.4. The molecule has 0 spiro atoms. The van der Waals surface area contributed by atoms with Crippen molar-refractivity contribution in [2.45, 2.75) is 52.9 Å². The van der Waals surface area contributed by atoms with Crippen molar-refractivity contribution >= 4 is 30.0 Å². The van der Waals surface area contributed by atoms with E-state index in [0.29, 0.717) is 24.2 Å². The molecule has 1 aromatic rings. The molecule has 0 aliphatic heterocycles. The van der Waals surface area contributed by atoms with E-state index in [2.05, 4.69) is 31.4 Å². The van der Waals surface area contributed by atoms with E-state index in [1.807, 2.05) is 37.3 Å². The second-order valence-electron chi connectivity index (χ2n) is 8.80. The fraction of sp³-hybridized carbons (Fsp3) is 0.394. The van der Waals surface area contributed by atoms with Crippen LogP contribution in [0.2, 0.25) is 0 Å². The summed E-state index contributed by atoms with van der Waals surface area (Å²) in [6, 6.07) is 9.37. The van der Waals surface area contributed by atoms with Crippen LogP contribution in [-0.4, -0.2) is 61.0 Å². The number of ether oxygens (including phenoxy) is 3. The molecule has 1 unspecified atom stereocenters. The number of methoxy groups -OCH3 is 1. The molecule has 2 N–H and O–H groups in total. The summed E-state index contributed by atoms with van der Waals surface area (Å²) >= 11 is 0. The zero-order valence-corrected chi connectivity index (χ0v) is 25.3. The monoisotopic (exact) mass is 586 g/mol. The number of aliphatic hydroxyl groups excluding tert-OH is 1. The summed E-state index contributed by atoms with van der Waals surface area (Å²) < 4.78 is 14.1. The minimum Gasteiger partial charge on any atom is -0.478 e. The van der Waals surface area contributed by atoms with E-state index in [-0.39, 0.29) is 30.7 Å². The third-order valence-corrected chi connectivity index (χ3v) is 5.21. The molecule has 42 heavy (non-hydrogen) atoms. The largest absolute Gasteiger partial charge is 0.478 e. The lowest BCUT2D eigenvalue weighted by Gasteiger charge is -2.11. The molecular weight excluding hydrogens is 540 g/mol. The molecule has 1 aromatic carbocycles. The highest BCUT2D eigenvalue weighted by Crippen LogP contribution is 2.17. The maximum atomic E-state index is 11.8. The van der Waals surface area contributed by atoms with Gasteiger partial charge in [0.15, 0.2) is 0 Å². The number of carbonyl (C=O) groups is 4. The van der Waals surface area contributed by atoms with E-state index >= 15 is 0 Å². The third kappa shape index (κ3) is 21.6. The quantitative estimate of drug-likeness (QED) is 0.106. The number of hydrogen-bond acceptors (Lipinski definition) is 8. The molecule has 0 radical (unpaired) electrons. The molecule has 0 saturated heterocycles. The number of esters is 3. The molecule has 0 heterocycles. The van der Waals surface area contributed by atoms with E-state index < -0.39 is 17.9 Å². The van der Waals surface area contributed by atoms with Gasteiger partial charge in [-0.15, -0.1) is 0 Å². The highest BCUT2D eigenvalue weighted by Gasteiger charge is 2.16. The first-order valence-electron chi connectivity index (χ1n) is 13.6. The number of carboxylic acids is 1. The van der Waals surface area contributed by atoms with Crippen LogP contribution < -0.4 is 0 Å². The molecule has 1 rings (SSSR count). The fourth-order valence-corrected chi connectivity index (χ4v) is 2.74. The molecule has 232 valence electrons. The second-order valence-corrected chi connectivity index (χ2v) is 8.80. The van der Waals surface area contributed by atoms with Crippen LogP contribution in [0.4, 0.5) is 0 Å². The number of aliphatic carboxylic acids is 1. The van der Waals surface area contributed by atoms with Crippen molar-refractivity contribution in [3.05, 3.63) is 90.6 Å². The third-order valence-electron chi connectivity index (χ3n) is 5.21. The van der Waals surface area contributed by atoms with Crippen molar-refractivity contribution < 1.29 is 43.6 Å². The second kappa shape index (κ2) is 25.7. The van der Waals surface area contributed by atoms with Crippen LogP contribution in [0.5, 0.6) is 0 Å². The molecule has 0 saturated carbocycles. The number of carboxylic acid groups (broad SMARTS) is 1. The highest BCUT2D eigenvalue weighted by atomic mass is 16.5. The van der Waals surface area contributed by atoms with Crippen LogP contribution in [0.25, 0.3) is 6.08 Å². The molecule has 0 aliphatic carbocycles. The van der Waals surface area contributed by atoms with Gasteiger partial charge in [-0.05, 0) is 25.3 Å². The van der Waals surface area contributed by atoms with Crippen LogP contribution in [0.15, 0.2) is 85.0 Å². The van der Waals surface area contributed by atoms with Gasteiger partial charge < -0.3 is 24.4 Å². The highest BCUT2D eigenvalue weighted by molar-refractivity contribution is 5.90. The zero-order chi connectivity index (χ0) is 32.3. The van der Waals surface area contributed by atoms with Crippen LogP contribution >= 0.6 is 0 Å². The number of aliphatic hydroxyl groups is 1. The number of carbonyl (C=O) groups excluding carboxylic acids is 3. The van der Waals surface area contributed by atoms with E-state index in [1.165, 1.54) is 26.0 Å². The molecule has 0 fully saturated rings. The smallest absolute Gasteiger partial charge is 0.334 e. The van der Waals surface area contributed by atoms with Gasteiger partial charge >= 0.3 is 23.9 Å². The summed E-state index contributed by atoms with van der Waals surface area (Å²) in [5, 5.41) is 17.4. The van der Waals surface area contributed by atoms with Gasteiger partial charge in [0.25, 0.3) is 0 Å². The van der Waals surface area contributed by atoms with Gasteiger partial charge in [0.1, 0.15) is 6.61 Å². The van der Waals surface area contributed by atoms with Crippen LogP contribution in [-0.2, 0) is 33.4 Å². The fourth-order valence-electron chi connectivity index (χ4n) is 2.74. The average molecular weight is 587 g/mol. The lowest BCUT2D eigenvalue weighted by atomic mass is 9.98. The Bertz CT molecular complexity index is 1050. The molecular formula is C33H46O9. The van der Waals surface area contributed by atoms with Gasteiger partial charge in [0.05, 0.1) is 20.3 Å². The zero-order valence-electron chi connectivity index (χ0n) is 25.3. The van der Waals surface area contributed by atoms with Crippen LogP contribution in [0.1, 0.15) is 58.4 Å². The summed E-state index contributed by atoms with van der Waals surface area (Å²) in [6.07, 6.45) is 10.9. The number of unbranched alkanes of at least 4 members (excludes halogenated alkanes) is 3. The van der Waals surface area contributed by atoms with Crippen molar-refractivity contribution in [1.82, 2.24) is 0 Å². The Labute approximate surface area is 249 Å². The van der Waals surface area contributed by atoms with Gasteiger partial charge in [0, 0.05) is 28.7 Å². The minimum atomic E-state index is -1.12. The summed E-state index contributed by atoms with van der Waals surface area (Å²) in [4.78, 5) is 43.7. The molecule has 9 heteroatoms. The number of benzene rings is 1. The Balaban J connectivity index is 0. The van der Waals surface area contributed by atoms with Crippen molar-refractivity contribution in [1.29, 1.82) is 0 Å². The SMILES string of the molecule is C=C(C(=O)OCCO)C(C=CC(=O)O)C=Cc1ccccc1.C=C(C)C(=O)OC.C=C(CC)C(=O)OCCCCCC. The summed E-state index contributed by atoms with van der Waals surface area (Å²) in [7, 11) is 1.33. The topological polar surface area (TPSA) is 136 Å². The van der Waals surface area contributed by atoms with Gasteiger partial charge in [0.2, 0.25) is 0 Å². The van der Waals surface area contributed by atoms with E-state index in [0.717, 1.165) is 24.5 Å². The normalized spacial score (nSPS) is 10.8. The Hall–Kier alpha value is -4.24. The molecule has 0 aromatic heterocycles. The first kappa shape index (κ1) is 39.9. The first-order chi connectivity index (χ1) is 19.9. The van der Waals surface area contributed by atoms with Crippen molar-refractivity contribution in [3.63, 3.8) is 0 Å². The van der Waals surface area contributed by atoms with Crippen LogP contribution in [0, 0.1) is 5.92 Å². The maximum absolute atomic E-state index is 11.8. The number of hydrogen-bond donors (Lipinski definition) is 2. The van der Waals surface area contributed by atoms with Gasteiger partial charge in [-0.3, -0.25) is 0 Å². The minimum absolute atomic E-state index is 0.0955. The predicted molar refractivity (Wildman–Crippen MR) is 164 cm³/mol. The van der Waals surface area contributed by atoms with E-state index in [4.69, 9.17) is 19.7 Å². The Morgan fingerprint density at radius 2 is 1.50 bits per heavy atom. The number of allylic oxidation sites excluding steroid dienone is 2. The van der Waals surface area contributed by atoms with Gasteiger partial charge in [-0.1, -0.05) is 101 Å². The maximum Gasteiger partial charge on any atom is 0.334 e. The van der Waals surface area contributed by atoms with E-state index in [1.54, 1.807) is 19.1 Å². The molecule has 0 aliphatic rings. The van der Waals surface area contributed by atoms with Crippen molar-refractivity contribution in [2.24, 2.45) is 5.92 Å². The Morgan fingerprint density at radius 1 is 0.881 bits per heavy atom. The Morgan fingerprint density at radius 3 is 1.98 bits per heavy atom. The number of rotatable bonds is 16. The van der Waals surface area contributed by atoms with Gasteiger partial charge in [-0.25, -0.2) is 19.2 Å². The van der Waals surface area contributed by atoms with Gasteiger partial charge in [-0.2, -0.15) is 0 Å². The van der Waals surface area contributed by atoms with E-state index in [9.17, 15) is 19.2 Å². The average Bonchev–Trinajstić information content (AvgIpc) is 2.99. The summed E-state index contributed by atoms with van der Waals surface area (Å²) in [5.74, 6) is -2.98. The molecule has 0 amide bonds. The molecule has 0 bridgehead atoms. The van der Waals surface area contributed by atoms with Crippen molar-refractivity contribution in [2.75, 3.05) is 26.9 Å². The molecule has 9 nitrogen and oxygen atoms in total. The lowest BCUT2D eigenvalue weighted by Crippen LogP contribution is -2.15. The standard InChI is InChI=1S/C17H18O5.C11H20O2.C5H8O2/c1-13(17(21)22-12-11-18)15(9-10-16(19)20)8-7-14-5-3-2-4-6-14;1-4-6-7-8-9-13-11(12)10(3)5-2;1-4(2)5(6)7-3/h2-10,15,18H,1,11-12H2,(H,19,20);3-9H2,1-2H3;1H2,2-3H3. The molecule has 1 atom stereocenters. The first-order valence-corrected chi connectivity index (χ1v) is 13.6. The van der Waals surface area contributed by atoms with Crippen LogP contribution in [0.3, 0.4) is 0 Å². The summed E-state index contributed by atoms with van der Waals surface area (Å²) in [5.41, 5.74) is 2.00. The summed E-state index contributed by atoms with van der Waals surface area (Å²) in [6.45, 7) is 16.4. The lowest BCUT2D eigenvalue weighted by molar-refractivity contribution is -0.140. The van der Waals surface area contributed by atoms with Crippen molar-refractivity contribution in [3.8, 4) is 0 Å². The predicted octanol–water partition coefficient (Wildman–Crippen LogP) is 5.86.